The Morgan fingerprint density at radius 2 is 1.94 bits per heavy atom. The Kier molecular flexibility index (Phi) is 8.05. The van der Waals surface area contributed by atoms with E-state index in [1.807, 2.05) is 10.9 Å². The Balaban J connectivity index is 1.48. The maximum Gasteiger partial charge on any atom is 0.114 e. The zero-order valence-electron chi connectivity index (χ0n) is 20.5. The molecule has 2 aromatic rings. The molecular weight excluding hydrogens is 430 g/mol. The summed E-state index contributed by atoms with van der Waals surface area (Å²) in [6, 6.07) is 8.41. The molecule has 2 saturated heterocycles. The first-order chi connectivity index (χ1) is 16.4. The van der Waals surface area contributed by atoms with Crippen molar-refractivity contribution in [2.75, 3.05) is 6.61 Å². The zero-order chi connectivity index (χ0) is 24.1. The molecular formula is C27H37N3O4. The second-order valence-corrected chi connectivity index (χ2v) is 10.0. The second-order valence-electron chi connectivity index (χ2n) is 10.0. The molecule has 1 aromatic carbocycles. The van der Waals surface area contributed by atoms with Gasteiger partial charge in [-0.1, -0.05) is 36.1 Å². The quantitative estimate of drug-likeness (QED) is 0.606. The van der Waals surface area contributed by atoms with Crippen molar-refractivity contribution in [3.05, 3.63) is 47.3 Å². The number of hydrogen-bond acceptors (Lipinski definition) is 6. The number of unbranched alkanes of at least 4 members (excludes halogenated alkanes) is 1. The fourth-order valence-corrected chi connectivity index (χ4v) is 4.75. The summed E-state index contributed by atoms with van der Waals surface area (Å²) in [6.45, 7) is 5.58. The van der Waals surface area contributed by atoms with Gasteiger partial charge >= 0.3 is 0 Å². The zero-order valence-corrected chi connectivity index (χ0v) is 20.5. The van der Waals surface area contributed by atoms with Gasteiger partial charge < -0.3 is 19.7 Å². The average molecular weight is 468 g/mol. The first-order valence-corrected chi connectivity index (χ1v) is 12.5. The predicted octanol–water partition coefficient (Wildman–Crippen LogP) is 3.53. The standard InChI is InChI=1S/C27H37N3O4/c1-4-5-6-7-19-8-10-20(11-9-19)12-14-23-22(30-17-26(28-29-30)27(2,3)32)16-25-24(34-23)15-13-21(18-31)33-25/h8-11,17,21-25,31-32H,4-5,12-16,18H2,1-3H3/t21-,22+,23+,24-,25-/m0/s1. The number of aliphatic hydroxyl groups excluding tert-OH is 1. The molecule has 0 radical (unpaired) electrons. The highest BCUT2D eigenvalue weighted by Crippen LogP contribution is 2.38. The summed E-state index contributed by atoms with van der Waals surface area (Å²) in [5.74, 6) is 6.41. The highest BCUT2D eigenvalue weighted by Gasteiger charge is 2.43. The Bertz CT molecular complexity index is 986. The molecule has 2 fully saturated rings. The van der Waals surface area contributed by atoms with E-state index in [4.69, 9.17) is 9.47 Å². The van der Waals surface area contributed by atoms with E-state index in [0.29, 0.717) is 5.69 Å². The van der Waals surface area contributed by atoms with Crippen molar-refractivity contribution in [2.24, 2.45) is 0 Å². The molecule has 1 aromatic heterocycles. The van der Waals surface area contributed by atoms with Crippen molar-refractivity contribution < 1.29 is 19.7 Å². The highest BCUT2D eigenvalue weighted by molar-refractivity contribution is 5.36. The maximum atomic E-state index is 10.4. The van der Waals surface area contributed by atoms with Crippen LogP contribution in [-0.2, 0) is 21.5 Å². The molecule has 184 valence electrons. The molecule has 2 aliphatic rings. The number of hydrogen-bond donors (Lipinski definition) is 2. The van der Waals surface area contributed by atoms with Gasteiger partial charge in [0, 0.05) is 18.4 Å². The third-order valence-corrected chi connectivity index (χ3v) is 6.77. The summed E-state index contributed by atoms with van der Waals surface area (Å²) in [6.07, 6.45) is 7.74. The largest absolute Gasteiger partial charge is 0.394 e. The molecule has 3 heterocycles. The number of ether oxygens (including phenoxy) is 2. The number of benzene rings is 1. The number of fused-ring (bicyclic) bond motifs is 1. The van der Waals surface area contributed by atoms with Crippen LogP contribution in [0, 0.1) is 11.8 Å². The van der Waals surface area contributed by atoms with Gasteiger partial charge in [0.05, 0.1) is 43.3 Å². The van der Waals surface area contributed by atoms with E-state index in [9.17, 15) is 10.2 Å². The lowest BCUT2D eigenvalue weighted by atomic mass is 9.88. The second kappa shape index (κ2) is 11.0. The van der Waals surface area contributed by atoms with Gasteiger partial charge in [0.15, 0.2) is 0 Å². The fourth-order valence-electron chi connectivity index (χ4n) is 4.75. The van der Waals surface area contributed by atoms with E-state index >= 15 is 0 Å². The summed E-state index contributed by atoms with van der Waals surface area (Å²) in [5, 5.41) is 28.5. The summed E-state index contributed by atoms with van der Waals surface area (Å²) in [7, 11) is 0. The lowest BCUT2D eigenvalue weighted by molar-refractivity contribution is -0.209. The molecule has 0 aliphatic carbocycles. The molecule has 0 bridgehead atoms. The average Bonchev–Trinajstić information content (AvgIpc) is 3.34. The Morgan fingerprint density at radius 3 is 2.62 bits per heavy atom. The highest BCUT2D eigenvalue weighted by atomic mass is 16.6. The summed E-state index contributed by atoms with van der Waals surface area (Å²) in [5.41, 5.74) is 1.77. The number of nitrogens with zero attached hydrogens (tertiary/aromatic N) is 3. The third kappa shape index (κ3) is 6.05. The summed E-state index contributed by atoms with van der Waals surface area (Å²) in [4.78, 5) is 0. The Hall–Kier alpha value is -2.24. The normalized spacial score (nSPS) is 27.0. The number of aryl methyl sites for hydroxylation is 1. The summed E-state index contributed by atoms with van der Waals surface area (Å²) >= 11 is 0. The van der Waals surface area contributed by atoms with Crippen molar-refractivity contribution in [3.8, 4) is 11.8 Å². The predicted molar refractivity (Wildman–Crippen MR) is 129 cm³/mol. The SMILES string of the molecule is CCCC#Cc1ccc(CC[C@H]2O[C@H]3CC[C@@H](CO)O[C@H]3C[C@H]2n2cc(C(C)(C)O)nn2)cc1. The van der Waals surface area contributed by atoms with Crippen LogP contribution in [0.3, 0.4) is 0 Å². The van der Waals surface area contributed by atoms with Gasteiger partial charge in [-0.25, -0.2) is 4.68 Å². The fraction of sp³-hybridized carbons (Fsp3) is 0.630. The van der Waals surface area contributed by atoms with Crippen LogP contribution in [0.5, 0.6) is 0 Å². The Morgan fingerprint density at radius 1 is 1.15 bits per heavy atom. The smallest absolute Gasteiger partial charge is 0.114 e. The molecule has 0 spiro atoms. The molecule has 0 unspecified atom stereocenters. The Labute approximate surface area is 202 Å². The third-order valence-electron chi connectivity index (χ3n) is 6.77. The van der Waals surface area contributed by atoms with E-state index in [0.717, 1.165) is 50.5 Å². The van der Waals surface area contributed by atoms with Crippen LogP contribution in [0.15, 0.2) is 30.5 Å². The van der Waals surface area contributed by atoms with Crippen LogP contribution in [0.1, 0.15) is 82.2 Å². The van der Waals surface area contributed by atoms with Crippen LogP contribution in [0.25, 0.3) is 0 Å². The lowest BCUT2D eigenvalue weighted by Gasteiger charge is -2.45. The van der Waals surface area contributed by atoms with Gasteiger partial charge in [0.2, 0.25) is 0 Å². The minimum atomic E-state index is -1.06. The van der Waals surface area contributed by atoms with Gasteiger partial charge in [0.25, 0.3) is 0 Å². The van der Waals surface area contributed by atoms with E-state index in [1.54, 1.807) is 13.8 Å². The van der Waals surface area contributed by atoms with Gasteiger partial charge in [-0.05, 0) is 63.6 Å². The molecule has 5 atom stereocenters. The van der Waals surface area contributed by atoms with Gasteiger partial charge in [-0.15, -0.1) is 5.10 Å². The van der Waals surface area contributed by atoms with Gasteiger partial charge in [0.1, 0.15) is 11.3 Å². The molecule has 7 nitrogen and oxygen atoms in total. The van der Waals surface area contributed by atoms with Crippen LogP contribution in [0.4, 0.5) is 0 Å². The number of rotatable bonds is 7. The van der Waals surface area contributed by atoms with Crippen LogP contribution >= 0.6 is 0 Å². The molecule has 0 amide bonds. The van der Waals surface area contributed by atoms with E-state index in [1.165, 1.54) is 5.56 Å². The van der Waals surface area contributed by atoms with E-state index < -0.39 is 5.60 Å². The topological polar surface area (TPSA) is 89.6 Å². The monoisotopic (exact) mass is 467 g/mol. The van der Waals surface area contributed by atoms with Crippen molar-refractivity contribution in [2.45, 2.75) is 102 Å². The van der Waals surface area contributed by atoms with Crippen LogP contribution < -0.4 is 0 Å². The molecule has 0 saturated carbocycles. The first kappa shape index (κ1) is 24.9. The molecule has 2 N–H and O–H groups in total. The lowest BCUT2D eigenvalue weighted by Crippen LogP contribution is -2.51. The van der Waals surface area contributed by atoms with Crippen LogP contribution in [0.2, 0.25) is 0 Å². The maximum absolute atomic E-state index is 10.4. The van der Waals surface area contributed by atoms with Crippen molar-refractivity contribution >= 4 is 0 Å². The first-order valence-electron chi connectivity index (χ1n) is 12.5. The van der Waals surface area contributed by atoms with Crippen molar-refractivity contribution in [3.63, 3.8) is 0 Å². The summed E-state index contributed by atoms with van der Waals surface area (Å²) < 4.78 is 14.5. The molecule has 34 heavy (non-hydrogen) atoms. The number of aliphatic hydroxyl groups is 2. The van der Waals surface area contributed by atoms with Crippen molar-refractivity contribution in [1.29, 1.82) is 0 Å². The minimum absolute atomic E-state index is 0.0255. The number of aromatic nitrogens is 3. The van der Waals surface area contributed by atoms with Gasteiger partial charge in [-0.2, -0.15) is 0 Å². The van der Waals surface area contributed by atoms with Gasteiger partial charge in [-0.3, -0.25) is 0 Å². The molecule has 4 rings (SSSR count). The van der Waals surface area contributed by atoms with E-state index in [-0.39, 0.29) is 37.1 Å². The van der Waals surface area contributed by atoms with E-state index in [2.05, 4.69) is 53.3 Å². The van der Waals surface area contributed by atoms with Crippen molar-refractivity contribution in [1.82, 2.24) is 15.0 Å². The molecule has 7 heteroatoms. The minimum Gasteiger partial charge on any atom is -0.394 e. The molecule has 2 aliphatic heterocycles. The van der Waals surface area contributed by atoms with Crippen LogP contribution in [-0.4, -0.2) is 56.2 Å².